The number of nitrogens with zero attached hydrogens (tertiary/aromatic N) is 2. The van der Waals surface area contributed by atoms with Gasteiger partial charge in [-0.3, -0.25) is 9.89 Å². The maximum absolute atomic E-state index is 12.1. The Labute approximate surface area is 138 Å². The van der Waals surface area contributed by atoms with Crippen molar-refractivity contribution >= 4 is 23.4 Å². The molecule has 116 valence electrons. The summed E-state index contributed by atoms with van der Waals surface area (Å²) in [5.74, 6) is 0.224. The first-order valence-electron chi connectivity index (χ1n) is 7.21. The number of carbonyl (C=O) groups is 1. The molecular weight excluding hydrogens is 308 g/mol. The highest BCUT2D eigenvalue weighted by Crippen LogP contribution is 2.20. The van der Waals surface area contributed by atoms with E-state index in [0.717, 1.165) is 17.7 Å². The first kappa shape index (κ1) is 15.3. The van der Waals surface area contributed by atoms with Gasteiger partial charge in [-0.05, 0) is 23.6 Å². The lowest BCUT2D eigenvalue weighted by Crippen LogP contribution is -2.15. The first-order valence-corrected chi connectivity index (χ1v) is 8.19. The van der Waals surface area contributed by atoms with Gasteiger partial charge in [-0.15, -0.1) is 0 Å². The third kappa shape index (κ3) is 4.43. The van der Waals surface area contributed by atoms with E-state index in [0.29, 0.717) is 5.16 Å². The van der Waals surface area contributed by atoms with Crippen LogP contribution in [0.25, 0.3) is 0 Å². The molecular formula is C17H16N4OS. The van der Waals surface area contributed by atoms with Crippen LogP contribution < -0.4 is 5.32 Å². The fourth-order valence-electron chi connectivity index (χ4n) is 2.20. The zero-order chi connectivity index (χ0) is 15.9. The van der Waals surface area contributed by atoms with Gasteiger partial charge in [0.1, 0.15) is 6.33 Å². The van der Waals surface area contributed by atoms with Crippen LogP contribution in [0.2, 0.25) is 0 Å². The normalized spacial score (nSPS) is 10.4. The molecule has 3 aromatic rings. The minimum Gasteiger partial charge on any atom is -0.325 e. The molecule has 5 nitrogen and oxygen atoms in total. The van der Waals surface area contributed by atoms with Crippen LogP contribution in [-0.4, -0.2) is 26.8 Å². The molecule has 0 fully saturated rings. The lowest BCUT2D eigenvalue weighted by molar-refractivity contribution is -0.113. The topological polar surface area (TPSA) is 70.7 Å². The molecule has 0 aliphatic heterocycles. The van der Waals surface area contributed by atoms with Crippen molar-refractivity contribution in [2.45, 2.75) is 11.6 Å². The van der Waals surface area contributed by atoms with E-state index in [1.807, 2.05) is 42.5 Å². The van der Waals surface area contributed by atoms with Gasteiger partial charge >= 0.3 is 0 Å². The highest BCUT2D eigenvalue weighted by atomic mass is 32.2. The van der Waals surface area contributed by atoms with Crippen LogP contribution in [-0.2, 0) is 11.2 Å². The predicted molar refractivity (Wildman–Crippen MR) is 91.4 cm³/mol. The van der Waals surface area contributed by atoms with E-state index in [1.54, 1.807) is 0 Å². The summed E-state index contributed by atoms with van der Waals surface area (Å²) in [6.07, 6.45) is 2.21. The number of amides is 1. The van der Waals surface area contributed by atoms with E-state index in [2.05, 4.69) is 32.6 Å². The Balaban J connectivity index is 1.64. The molecule has 2 N–H and O–H groups in total. The molecule has 0 radical (unpaired) electrons. The number of rotatable bonds is 6. The van der Waals surface area contributed by atoms with E-state index in [1.165, 1.54) is 23.7 Å². The maximum Gasteiger partial charge on any atom is 0.234 e. The van der Waals surface area contributed by atoms with Crippen molar-refractivity contribution in [3.63, 3.8) is 0 Å². The van der Waals surface area contributed by atoms with Crippen molar-refractivity contribution in [1.29, 1.82) is 0 Å². The Bertz CT molecular complexity index is 759. The zero-order valence-electron chi connectivity index (χ0n) is 12.4. The van der Waals surface area contributed by atoms with Gasteiger partial charge in [-0.1, -0.05) is 60.3 Å². The second-order valence-electron chi connectivity index (χ2n) is 4.95. The van der Waals surface area contributed by atoms with Crippen LogP contribution in [0.4, 0.5) is 5.69 Å². The Hall–Kier alpha value is -2.60. The third-order valence-electron chi connectivity index (χ3n) is 3.26. The molecule has 6 heteroatoms. The summed E-state index contributed by atoms with van der Waals surface area (Å²) in [6.45, 7) is 0. The zero-order valence-corrected chi connectivity index (χ0v) is 13.2. The molecule has 0 aliphatic carbocycles. The number of benzene rings is 2. The van der Waals surface area contributed by atoms with Gasteiger partial charge in [0.05, 0.1) is 5.75 Å². The molecule has 0 saturated carbocycles. The Morgan fingerprint density at radius 1 is 1.09 bits per heavy atom. The lowest BCUT2D eigenvalue weighted by Gasteiger charge is -2.11. The van der Waals surface area contributed by atoms with E-state index >= 15 is 0 Å². The Kier molecular flexibility index (Phi) is 5.06. The molecule has 3 rings (SSSR count). The summed E-state index contributed by atoms with van der Waals surface area (Å²) in [5.41, 5.74) is 3.15. The van der Waals surface area contributed by atoms with Gasteiger partial charge < -0.3 is 5.32 Å². The number of anilines is 1. The molecule has 1 heterocycles. The molecule has 0 unspecified atom stereocenters. The van der Waals surface area contributed by atoms with Crippen molar-refractivity contribution in [2.75, 3.05) is 11.1 Å². The number of thioether (sulfide) groups is 1. The van der Waals surface area contributed by atoms with Gasteiger partial charge in [0.15, 0.2) is 5.16 Å². The lowest BCUT2D eigenvalue weighted by atomic mass is 10.0. The van der Waals surface area contributed by atoms with Gasteiger partial charge in [0.25, 0.3) is 0 Å². The van der Waals surface area contributed by atoms with E-state index in [9.17, 15) is 4.79 Å². The van der Waals surface area contributed by atoms with Crippen LogP contribution >= 0.6 is 11.8 Å². The molecule has 0 saturated heterocycles. The van der Waals surface area contributed by atoms with Gasteiger partial charge in [-0.2, -0.15) is 5.10 Å². The summed E-state index contributed by atoms with van der Waals surface area (Å²) >= 11 is 1.32. The molecule has 0 spiro atoms. The van der Waals surface area contributed by atoms with Crippen molar-refractivity contribution in [2.24, 2.45) is 0 Å². The summed E-state index contributed by atoms with van der Waals surface area (Å²) in [6, 6.07) is 18.1. The highest BCUT2D eigenvalue weighted by molar-refractivity contribution is 7.99. The molecule has 1 aromatic heterocycles. The Morgan fingerprint density at radius 2 is 1.87 bits per heavy atom. The summed E-state index contributed by atoms with van der Waals surface area (Å²) in [4.78, 5) is 16.1. The summed E-state index contributed by atoms with van der Waals surface area (Å²) in [5, 5.41) is 10.1. The van der Waals surface area contributed by atoms with Gasteiger partial charge in [0.2, 0.25) is 5.91 Å². The summed E-state index contributed by atoms with van der Waals surface area (Å²) < 4.78 is 0. The smallest absolute Gasteiger partial charge is 0.234 e. The number of para-hydroxylation sites is 1. The van der Waals surface area contributed by atoms with Crippen molar-refractivity contribution in [1.82, 2.24) is 15.2 Å². The highest BCUT2D eigenvalue weighted by Gasteiger charge is 2.08. The monoisotopic (exact) mass is 324 g/mol. The maximum atomic E-state index is 12.1. The quantitative estimate of drug-likeness (QED) is 0.684. The van der Waals surface area contributed by atoms with Crippen LogP contribution in [0, 0.1) is 0 Å². The van der Waals surface area contributed by atoms with Crippen molar-refractivity contribution < 1.29 is 4.79 Å². The first-order chi connectivity index (χ1) is 11.3. The number of aromatic amines is 1. The molecule has 23 heavy (non-hydrogen) atoms. The second-order valence-corrected chi connectivity index (χ2v) is 5.91. The fraction of sp³-hybridized carbons (Fsp3) is 0.118. The third-order valence-corrected chi connectivity index (χ3v) is 4.14. The van der Waals surface area contributed by atoms with Gasteiger partial charge in [-0.25, -0.2) is 4.98 Å². The number of hydrogen-bond donors (Lipinski definition) is 2. The largest absolute Gasteiger partial charge is 0.325 e. The SMILES string of the molecule is O=C(CSc1ncn[nH]1)Nc1ccccc1Cc1ccccc1. The molecule has 0 aliphatic rings. The summed E-state index contributed by atoms with van der Waals surface area (Å²) in [7, 11) is 0. The molecule has 0 bridgehead atoms. The number of carbonyl (C=O) groups excluding carboxylic acids is 1. The average Bonchev–Trinajstić information content (AvgIpc) is 3.09. The van der Waals surface area contributed by atoms with E-state index in [-0.39, 0.29) is 11.7 Å². The fourth-order valence-corrected chi connectivity index (χ4v) is 2.78. The van der Waals surface area contributed by atoms with Crippen LogP contribution in [0.3, 0.4) is 0 Å². The number of nitrogens with one attached hydrogen (secondary N) is 2. The standard InChI is InChI=1S/C17H16N4OS/c22-16(11-23-17-18-12-19-21-17)20-15-9-5-4-8-14(15)10-13-6-2-1-3-7-13/h1-9,12H,10-11H2,(H,20,22)(H,18,19,21). The minimum absolute atomic E-state index is 0.0630. The molecule has 2 aromatic carbocycles. The van der Waals surface area contributed by atoms with Crippen LogP contribution in [0.1, 0.15) is 11.1 Å². The number of H-pyrrole nitrogens is 1. The number of hydrogen-bond acceptors (Lipinski definition) is 4. The number of aromatic nitrogens is 3. The van der Waals surface area contributed by atoms with Crippen LogP contribution in [0.15, 0.2) is 66.1 Å². The van der Waals surface area contributed by atoms with Crippen molar-refractivity contribution in [3.05, 3.63) is 72.1 Å². The second kappa shape index (κ2) is 7.60. The minimum atomic E-state index is -0.0630. The van der Waals surface area contributed by atoms with Gasteiger partial charge in [0, 0.05) is 5.69 Å². The molecule has 1 amide bonds. The van der Waals surface area contributed by atoms with E-state index in [4.69, 9.17) is 0 Å². The molecule has 0 atom stereocenters. The average molecular weight is 324 g/mol. The Morgan fingerprint density at radius 3 is 2.65 bits per heavy atom. The van der Waals surface area contributed by atoms with Crippen LogP contribution in [0.5, 0.6) is 0 Å². The van der Waals surface area contributed by atoms with Crippen molar-refractivity contribution in [3.8, 4) is 0 Å². The predicted octanol–water partition coefficient (Wildman–Crippen LogP) is 3.13. The van der Waals surface area contributed by atoms with E-state index < -0.39 is 0 Å².